The lowest BCUT2D eigenvalue weighted by Gasteiger charge is -2.16. The Hall–Kier alpha value is -3.23. The quantitative estimate of drug-likeness (QED) is 0.318. The second-order valence-corrected chi connectivity index (χ2v) is 5.88. The lowest BCUT2D eigenvalue weighted by atomic mass is 10.2. The number of hydrogen-bond donors (Lipinski definition) is 1. The number of carbonyl (C=O) groups excluding carboxylic acids is 3. The molecule has 0 bridgehead atoms. The number of likely N-dealkylation sites (N-methyl/N-ethyl adjacent to an activating group) is 1. The molecule has 2 rings (SSSR count). The first kappa shape index (κ1) is 19.1. The van der Waals surface area contributed by atoms with E-state index in [-0.39, 0.29) is 24.2 Å². The van der Waals surface area contributed by atoms with E-state index < -0.39 is 23.4 Å². The molecule has 1 N–H and O–H groups in total. The van der Waals surface area contributed by atoms with Gasteiger partial charge in [0.15, 0.2) is 6.61 Å². The van der Waals surface area contributed by atoms with Crippen molar-refractivity contribution >= 4 is 29.5 Å². The van der Waals surface area contributed by atoms with E-state index in [1.54, 1.807) is 6.07 Å². The number of nitrogens with zero attached hydrogens (tertiary/aromatic N) is 2. The number of nitro groups is 1. The third kappa shape index (κ3) is 6.34. The Labute approximate surface area is 149 Å². The van der Waals surface area contributed by atoms with E-state index in [9.17, 15) is 24.5 Å². The predicted octanol–water partition coefficient (Wildman–Crippen LogP) is 0.888. The van der Waals surface area contributed by atoms with Gasteiger partial charge in [0.25, 0.3) is 11.6 Å². The summed E-state index contributed by atoms with van der Waals surface area (Å²) in [6.07, 6.45) is 4.34. The third-order valence-corrected chi connectivity index (χ3v) is 3.58. The van der Waals surface area contributed by atoms with E-state index in [1.165, 1.54) is 36.2 Å². The van der Waals surface area contributed by atoms with Crippen LogP contribution >= 0.6 is 0 Å². The van der Waals surface area contributed by atoms with Gasteiger partial charge in [0.1, 0.15) is 0 Å². The Balaban J connectivity index is 1.76. The molecule has 138 valence electrons. The van der Waals surface area contributed by atoms with Crippen molar-refractivity contribution in [3.8, 4) is 0 Å². The van der Waals surface area contributed by atoms with Gasteiger partial charge in [-0.05, 0) is 24.5 Å². The van der Waals surface area contributed by atoms with Crippen molar-refractivity contribution in [2.45, 2.75) is 18.9 Å². The van der Waals surface area contributed by atoms with E-state index in [4.69, 9.17) is 4.74 Å². The molecule has 0 saturated heterocycles. The van der Waals surface area contributed by atoms with Crippen molar-refractivity contribution in [1.82, 2.24) is 10.2 Å². The molecule has 26 heavy (non-hydrogen) atoms. The van der Waals surface area contributed by atoms with Crippen LogP contribution in [0.15, 0.2) is 30.3 Å². The third-order valence-electron chi connectivity index (χ3n) is 3.58. The van der Waals surface area contributed by atoms with Crippen molar-refractivity contribution in [3.05, 3.63) is 46.0 Å². The van der Waals surface area contributed by atoms with Crippen molar-refractivity contribution < 1.29 is 24.0 Å². The highest BCUT2D eigenvalue weighted by Gasteiger charge is 2.24. The summed E-state index contributed by atoms with van der Waals surface area (Å²) in [6, 6.07) is 5.94. The van der Waals surface area contributed by atoms with Gasteiger partial charge in [0.05, 0.1) is 11.5 Å². The molecule has 0 aliphatic heterocycles. The molecule has 0 heterocycles. The van der Waals surface area contributed by atoms with Crippen LogP contribution in [0.2, 0.25) is 0 Å². The van der Waals surface area contributed by atoms with Crippen molar-refractivity contribution in [2.75, 3.05) is 20.2 Å². The second-order valence-electron chi connectivity index (χ2n) is 5.88. The van der Waals surface area contributed by atoms with E-state index in [2.05, 4.69) is 5.32 Å². The maximum atomic E-state index is 11.8. The van der Waals surface area contributed by atoms with Gasteiger partial charge in [-0.25, -0.2) is 4.79 Å². The molecule has 1 saturated carbocycles. The number of benzene rings is 1. The van der Waals surface area contributed by atoms with Gasteiger partial charge < -0.3 is 15.0 Å². The molecule has 9 heteroatoms. The fraction of sp³-hybridized carbons (Fsp3) is 0.353. The Kier molecular flexibility index (Phi) is 6.42. The summed E-state index contributed by atoms with van der Waals surface area (Å²) < 4.78 is 4.82. The largest absolute Gasteiger partial charge is 0.452 e. The Morgan fingerprint density at radius 2 is 2.12 bits per heavy atom. The van der Waals surface area contributed by atoms with Crippen LogP contribution in [0.3, 0.4) is 0 Å². The van der Waals surface area contributed by atoms with Gasteiger partial charge in [-0.3, -0.25) is 19.7 Å². The SMILES string of the molecule is CN(CC(=O)NC1CC1)C(=O)COC(=O)/C=C/c1cccc([N+](=O)[O-])c1. The minimum Gasteiger partial charge on any atom is -0.452 e. The molecule has 1 aliphatic carbocycles. The molecule has 0 atom stereocenters. The van der Waals surface area contributed by atoms with E-state index in [1.807, 2.05) is 0 Å². The lowest BCUT2D eigenvalue weighted by molar-refractivity contribution is -0.384. The molecule has 1 aromatic rings. The van der Waals surface area contributed by atoms with Gasteiger partial charge in [-0.15, -0.1) is 0 Å². The van der Waals surface area contributed by atoms with Crippen LogP contribution in [0.5, 0.6) is 0 Å². The number of carbonyl (C=O) groups is 3. The van der Waals surface area contributed by atoms with Crippen molar-refractivity contribution in [1.29, 1.82) is 0 Å². The van der Waals surface area contributed by atoms with Crippen molar-refractivity contribution in [2.24, 2.45) is 0 Å². The molecule has 0 radical (unpaired) electrons. The zero-order valence-electron chi connectivity index (χ0n) is 14.2. The van der Waals surface area contributed by atoms with Crippen LogP contribution in [-0.4, -0.2) is 53.8 Å². The first-order chi connectivity index (χ1) is 12.3. The van der Waals surface area contributed by atoms with Gasteiger partial charge >= 0.3 is 5.97 Å². The van der Waals surface area contributed by atoms with Gasteiger partial charge in [-0.1, -0.05) is 12.1 Å². The summed E-state index contributed by atoms with van der Waals surface area (Å²) in [4.78, 5) is 46.4. The first-order valence-corrected chi connectivity index (χ1v) is 7.98. The average molecular weight is 361 g/mol. The number of esters is 1. The smallest absolute Gasteiger partial charge is 0.331 e. The molecular weight excluding hydrogens is 342 g/mol. The number of rotatable bonds is 8. The molecule has 0 aromatic heterocycles. The number of non-ortho nitro benzene ring substituents is 1. The molecule has 9 nitrogen and oxygen atoms in total. The second kappa shape index (κ2) is 8.75. The summed E-state index contributed by atoms with van der Waals surface area (Å²) in [5.41, 5.74) is 0.359. The summed E-state index contributed by atoms with van der Waals surface area (Å²) in [5.74, 6) is -1.52. The summed E-state index contributed by atoms with van der Waals surface area (Å²) in [6.45, 7) is -0.596. The fourth-order valence-corrected chi connectivity index (χ4v) is 2.00. The normalized spacial score (nSPS) is 13.3. The van der Waals surface area contributed by atoms with Crippen LogP contribution in [0.1, 0.15) is 18.4 Å². The van der Waals surface area contributed by atoms with Crippen LogP contribution in [0.25, 0.3) is 6.08 Å². The van der Waals surface area contributed by atoms with Crippen LogP contribution in [0.4, 0.5) is 5.69 Å². The highest BCUT2D eigenvalue weighted by molar-refractivity contribution is 5.90. The highest BCUT2D eigenvalue weighted by Crippen LogP contribution is 2.18. The maximum Gasteiger partial charge on any atom is 0.331 e. The van der Waals surface area contributed by atoms with E-state index >= 15 is 0 Å². The van der Waals surface area contributed by atoms with E-state index in [0.29, 0.717) is 5.56 Å². The van der Waals surface area contributed by atoms with Crippen molar-refractivity contribution in [3.63, 3.8) is 0 Å². The highest BCUT2D eigenvalue weighted by atomic mass is 16.6. The Morgan fingerprint density at radius 3 is 2.77 bits per heavy atom. The molecule has 2 amide bonds. The molecular formula is C17H19N3O6. The summed E-state index contributed by atoms with van der Waals surface area (Å²) in [5, 5.41) is 13.4. The standard InChI is InChI=1S/C17H19N3O6/c1-19(10-15(21)18-13-6-7-13)16(22)11-26-17(23)8-5-12-3-2-4-14(9-12)20(24)25/h2-5,8-9,13H,6-7,10-11H2,1H3,(H,18,21)/b8-5+. The molecule has 1 aliphatic rings. The van der Waals surface area contributed by atoms with Crippen LogP contribution in [0, 0.1) is 10.1 Å². The zero-order valence-corrected chi connectivity index (χ0v) is 14.2. The monoisotopic (exact) mass is 361 g/mol. The van der Waals surface area contributed by atoms with Gasteiger partial charge in [-0.2, -0.15) is 0 Å². The maximum absolute atomic E-state index is 11.8. The van der Waals surface area contributed by atoms with Crippen LogP contribution < -0.4 is 5.32 Å². The molecule has 1 aromatic carbocycles. The molecule has 1 fully saturated rings. The Bertz CT molecular complexity index is 742. The van der Waals surface area contributed by atoms with Gasteiger partial charge in [0.2, 0.25) is 5.91 Å². The Morgan fingerprint density at radius 1 is 1.38 bits per heavy atom. The lowest BCUT2D eigenvalue weighted by Crippen LogP contribution is -2.40. The van der Waals surface area contributed by atoms with E-state index in [0.717, 1.165) is 18.9 Å². The first-order valence-electron chi connectivity index (χ1n) is 7.98. The molecule has 0 spiro atoms. The topological polar surface area (TPSA) is 119 Å². The average Bonchev–Trinajstić information content (AvgIpc) is 3.41. The number of nitro benzene ring substituents is 1. The zero-order chi connectivity index (χ0) is 19.1. The predicted molar refractivity (Wildman–Crippen MR) is 91.9 cm³/mol. The molecule has 0 unspecified atom stereocenters. The summed E-state index contributed by atoms with van der Waals surface area (Å²) in [7, 11) is 1.45. The van der Waals surface area contributed by atoms with Crippen LogP contribution in [-0.2, 0) is 19.1 Å². The minimum absolute atomic E-state index is 0.0956. The fourth-order valence-electron chi connectivity index (χ4n) is 2.00. The minimum atomic E-state index is -0.763. The number of amides is 2. The number of nitrogens with one attached hydrogen (secondary N) is 1. The summed E-state index contributed by atoms with van der Waals surface area (Å²) >= 11 is 0. The number of hydrogen-bond acceptors (Lipinski definition) is 6. The van der Waals surface area contributed by atoms with Gasteiger partial charge in [0, 0.05) is 31.3 Å². The number of ether oxygens (including phenoxy) is 1.